The predicted octanol–water partition coefficient (Wildman–Crippen LogP) is 3.35. The van der Waals surface area contributed by atoms with Crippen LogP contribution in [0.3, 0.4) is 0 Å². The second-order valence-electron chi connectivity index (χ2n) is 6.41. The molecule has 0 saturated heterocycles. The highest BCUT2D eigenvalue weighted by Gasteiger charge is 2.14. The van der Waals surface area contributed by atoms with Gasteiger partial charge in [0.05, 0.1) is 11.7 Å². The minimum absolute atomic E-state index is 0.0638. The van der Waals surface area contributed by atoms with Gasteiger partial charge in [0.2, 0.25) is 5.91 Å². The molecule has 130 valence electrons. The number of amides is 1. The summed E-state index contributed by atoms with van der Waals surface area (Å²) in [6.45, 7) is 6.18. The van der Waals surface area contributed by atoms with Crippen LogP contribution in [0.2, 0.25) is 0 Å². The normalized spacial score (nSPS) is 11.2. The van der Waals surface area contributed by atoms with Gasteiger partial charge in [-0.05, 0) is 26.3 Å². The summed E-state index contributed by atoms with van der Waals surface area (Å²) in [6.07, 6.45) is 1.79. The zero-order valence-electron chi connectivity index (χ0n) is 14.6. The summed E-state index contributed by atoms with van der Waals surface area (Å²) in [6, 6.07) is 8.19. The van der Waals surface area contributed by atoms with Crippen LogP contribution in [-0.4, -0.2) is 21.5 Å². The van der Waals surface area contributed by atoms with Crippen molar-refractivity contribution < 1.29 is 4.79 Å². The SMILES string of the molecule is Cc1ccc(-c2csc3ncn(CCC(=O)NC(C)C)c(=O)c23)cc1. The van der Waals surface area contributed by atoms with E-state index < -0.39 is 0 Å². The molecule has 1 aromatic carbocycles. The number of benzene rings is 1. The van der Waals surface area contributed by atoms with Gasteiger partial charge in [0.25, 0.3) is 5.56 Å². The molecule has 0 aliphatic carbocycles. The minimum Gasteiger partial charge on any atom is -0.354 e. The topological polar surface area (TPSA) is 64.0 Å². The zero-order chi connectivity index (χ0) is 18.0. The monoisotopic (exact) mass is 355 g/mol. The molecule has 5 nitrogen and oxygen atoms in total. The van der Waals surface area contributed by atoms with Crippen molar-refractivity contribution in [3.63, 3.8) is 0 Å². The summed E-state index contributed by atoms with van der Waals surface area (Å²) >= 11 is 1.46. The highest BCUT2D eigenvalue weighted by molar-refractivity contribution is 7.17. The van der Waals surface area contributed by atoms with E-state index in [4.69, 9.17) is 0 Å². The number of fused-ring (bicyclic) bond motifs is 1. The van der Waals surface area contributed by atoms with Gasteiger partial charge in [0.1, 0.15) is 4.83 Å². The van der Waals surface area contributed by atoms with Gasteiger partial charge in [0.15, 0.2) is 0 Å². The Hall–Kier alpha value is -2.47. The molecule has 0 atom stereocenters. The van der Waals surface area contributed by atoms with Crippen LogP contribution in [0.1, 0.15) is 25.8 Å². The highest BCUT2D eigenvalue weighted by atomic mass is 32.1. The molecule has 2 heterocycles. The molecule has 1 N–H and O–H groups in total. The quantitative estimate of drug-likeness (QED) is 0.763. The van der Waals surface area contributed by atoms with Crippen molar-refractivity contribution in [2.75, 3.05) is 0 Å². The van der Waals surface area contributed by atoms with Gasteiger partial charge in [-0.15, -0.1) is 11.3 Å². The number of hydrogen-bond acceptors (Lipinski definition) is 4. The standard InChI is InChI=1S/C19H21N3O2S/c1-12(2)21-16(23)8-9-22-11-20-18-17(19(22)24)15(10-25-18)14-6-4-13(3)5-7-14/h4-7,10-12H,8-9H2,1-3H3,(H,21,23). The smallest absolute Gasteiger partial charge is 0.262 e. The van der Waals surface area contributed by atoms with E-state index >= 15 is 0 Å². The van der Waals surface area contributed by atoms with Gasteiger partial charge >= 0.3 is 0 Å². The van der Waals surface area contributed by atoms with E-state index in [2.05, 4.69) is 10.3 Å². The number of hydrogen-bond donors (Lipinski definition) is 1. The van der Waals surface area contributed by atoms with Crippen LogP contribution in [0, 0.1) is 6.92 Å². The number of carbonyl (C=O) groups is 1. The van der Waals surface area contributed by atoms with Crippen LogP contribution >= 0.6 is 11.3 Å². The zero-order valence-corrected chi connectivity index (χ0v) is 15.4. The first kappa shape index (κ1) is 17.4. The number of thiophene rings is 1. The Kier molecular flexibility index (Phi) is 4.99. The summed E-state index contributed by atoms with van der Waals surface area (Å²) in [5.74, 6) is -0.0638. The van der Waals surface area contributed by atoms with Crippen LogP contribution in [0.25, 0.3) is 21.3 Å². The lowest BCUT2D eigenvalue weighted by Crippen LogP contribution is -2.32. The molecule has 0 saturated carbocycles. The highest BCUT2D eigenvalue weighted by Crippen LogP contribution is 2.30. The molecule has 0 unspecified atom stereocenters. The average Bonchev–Trinajstić information content (AvgIpc) is 2.99. The second-order valence-corrected chi connectivity index (χ2v) is 7.27. The molecule has 0 spiro atoms. The van der Waals surface area contributed by atoms with E-state index in [0.717, 1.165) is 16.0 Å². The van der Waals surface area contributed by atoms with Crippen molar-refractivity contribution in [2.24, 2.45) is 0 Å². The first-order chi connectivity index (χ1) is 12.0. The van der Waals surface area contributed by atoms with E-state index in [1.54, 1.807) is 0 Å². The van der Waals surface area contributed by atoms with E-state index in [0.29, 0.717) is 11.9 Å². The van der Waals surface area contributed by atoms with Gasteiger partial charge in [-0.2, -0.15) is 0 Å². The molecule has 3 rings (SSSR count). The maximum absolute atomic E-state index is 12.9. The van der Waals surface area contributed by atoms with Crippen molar-refractivity contribution in [1.29, 1.82) is 0 Å². The number of aryl methyl sites for hydroxylation is 2. The fourth-order valence-electron chi connectivity index (χ4n) is 2.69. The van der Waals surface area contributed by atoms with E-state index in [1.165, 1.54) is 27.8 Å². The van der Waals surface area contributed by atoms with Crippen molar-refractivity contribution in [1.82, 2.24) is 14.9 Å². The molecule has 0 radical (unpaired) electrons. The average molecular weight is 355 g/mol. The van der Waals surface area contributed by atoms with Crippen molar-refractivity contribution in [2.45, 2.75) is 39.8 Å². The lowest BCUT2D eigenvalue weighted by molar-refractivity contribution is -0.121. The lowest BCUT2D eigenvalue weighted by Gasteiger charge is -2.09. The Morgan fingerprint density at radius 2 is 2.00 bits per heavy atom. The van der Waals surface area contributed by atoms with Crippen LogP contribution in [0.4, 0.5) is 0 Å². The summed E-state index contributed by atoms with van der Waals surface area (Å²) in [7, 11) is 0. The predicted molar refractivity (Wildman–Crippen MR) is 102 cm³/mol. The van der Waals surface area contributed by atoms with E-state index in [1.807, 2.05) is 50.4 Å². The van der Waals surface area contributed by atoms with Gasteiger partial charge in [0, 0.05) is 30.0 Å². The maximum atomic E-state index is 12.9. The van der Waals surface area contributed by atoms with Crippen molar-refractivity contribution >= 4 is 27.5 Å². The molecule has 25 heavy (non-hydrogen) atoms. The van der Waals surface area contributed by atoms with Crippen LogP contribution < -0.4 is 10.9 Å². The van der Waals surface area contributed by atoms with E-state index in [-0.39, 0.29) is 23.9 Å². The molecule has 3 aromatic rings. The van der Waals surface area contributed by atoms with Gasteiger partial charge in [-0.3, -0.25) is 14.2 Å². The lowest BCUT2D eigenvalue weighted by atomic mass is 10.1. The minimum atomic E-state index is -0.0980. The molecular weight excluding hydrogens is 334 g/mol. The number of rotatable bonds is 5. The van der Waals surface area contributed by atoms with Gasteiger partial charge in [-0.1, -0.05) is 29.8 Å². The molecule has 0 aliphatic rings. The first-order valence-corrected chi connectivity index (χ1v) is 9.16. The molecule has 2 aromatic heterocycles. The fraction of sp³-hybridized carbons (Fsp3) is 0.316. The van der Waals surface area contributed by atoms with Crippen molar-refractivity contribution in [3.05, 3.63) is 51.9 Å². The summed E-state index contributed by atoms with van der Waals surface area (Å²) in [5.41, 5.74) is 2.98. The third kappa shape index (κ3) is 3.79. The fourth-order valence-corrected chi connectivity index (χ4v) is 3.60. The molecule has 1 amide bonds. The Morgan fingerprint density at radius 1 is 1.28 bits per heavy atom. The number of aromatic nitrogens is 2. The summed E-state index contributed by atoms with van der Waals surface area (Å²) in [4.78, 5) is 29.8. The third-order valence-electron chi connectivity index (χ3n) is 3.95. The Morgan fingerprint density at radius 3 is 2.68 bits per heavy atom. The summed E-state index contributed by atoms with van der Waals surface area (Å²) in [5, 5.41) is 5.43. The largest absolute Gasteiger partial charge is 0.354 e. The first-order valence-electron chi connectivity index (χ1n) is 8.28. The number of nitrogens with one attached hydrogen (secondary N) is 1. The molecule has 0 aliphatic heterocycles. The Balaban J connectivity index is 1.93. The molecule has 0 bridgehead atoms. The van der Waals surface area contributed by atoms with Gasteiger partial charge in [-0.25, -0.2) is 4.98 Å². The van der Waals surface area contributed by atoms with Gasteiger partial charge < -0.3 is 5.32 Å². The second kappa shape index (κ2) is 7.19. The Bertz CT molecular complexity index is 955. The van der Waals surface area contributed by atoms with Crippen LogP contribution in [-0.2, 0) is 11.3 Å². The molecular formula is C19H21N3O2S. The van der Waals surface area contributed by atoms with Crippen LogP contribution in [0.15, 0.2) is 40.8 Å². The molecule has 6 heteroatoms. The van der Waals surface area contributed by atoms with Crippen molar-refractivity contribution in [3.8, 4) is 11.1 Å². The number of carbonyl (C=O) groups excluding carboxylic acids is 1. The van der Waals surface area contributed by atoms with E-state index in [9.17, 15) is 9.59 Å². The molecule has 0 fully saturated rings. The maximum Gasteiger partial charge on any atom is 0.262 e. The number of nitrogens with zero attached hydrogens (tertiary/aromatic N) is 2. The Labute approximate surface area is 150 Å². The third-order valence-corrected chi connectivity index (χ3v) is 4.84. The van der Waals surface area contributed by atoms with Crippen LogP contribution in [0.5, 0.6) is 0 Å². The summed E-state index contributed by atoms with van der Waals surface area (Å²) < 4.78 is 1.52.